The smallest absolute Gasteiger partial charge is 0.301 e. The van der Waals surface area contributed by atoms with Crippen molar-refractivity contribution in [2.24, 2.45) is 0 Å². The van der Waals surface area contributed by atoms with Gasteiger partial charge in [-0.3, -0.25) is 7.91 Å². The van der Waals surface area contributed by atoms with Crippen LogP contribution in [0.3, 0.4) is 0 Å². The maximum atomic E-state index is 12.5. The lowest BCUT2D eigenvalue weighted by Crippen LogP contribution is -2.28. The zero-order chi connectivity index (χ0) is 8.65. The fraction of sp³-hybridized carbons (Fsp3) is 0.600. The summed E-state index contributed by atoms with van der Waals surface area (Å²) >= 11 is 1.42. The van der Waals surface area contributed by atoms with E-state index in [0.717, 1.165) is 3.11 Å². The molecule has 0 aliphatic carbocycles. The Balaban J connectivity index is 2.85. The van der Waals surface area contributed by atoms with Crippen LogP contribution in [0.4, 0.5) is 8.78 Å². The van der Waals surface area contributed by atoms with Gasteiger partial charge in [0.05, 0.1) is 22.9 Å². The number of halogens is 3. The standard InChI is InChI=1S/C5H4F2INO2/c6-5(7)1-3(2-10)9(8)4(5)11/h2-3H,1H2/t3-/m1/s1. The number of amides is 1. The first-order valence-electron chi connectivity index (χ1n) is 2.81. The third kappa shape index (κ3) is 1.35. The number of rotatable bonds is 1. The largest absolute Gasteiger partial charge is 0.327 e. The van der Waals surface area contributed by atoms with Gasteiger partial charge in [0.1, 0.15) is 12.3 Å². The lowest BCUT2D eigenvalue weighted by Gasteiger charge is -2.08. The van der Waals surface area contributed by atoms with E-state index in [0.29, 0.717) is 6.29 Å². The molecule has 1 fully saturated rings. The molecule has 0 spiro atoms. The zero-order valence-corrected chi connectivity index (χ0v) is 7.42. The SMILES string of the molecule is O=C[C@H]1CC(F)(F)C(=O)N1I. The van der Waals surface area contributed by atoms with E-state index in [-0.39, 0.29) is 0 Å². The predicted molar refractivity (Wildman–Crippen MR) is 40.3 cm³/mol. The van der Waals surface area contributed by atoms with Crippen molar-refractivity contribution in [2.75, 3.05) is 0 Å². The molecule has 0 bridgehead atoms. The van der Waals surface area contributed by atoms with Gasteiger partial charge in [-0.05, 0) is 0 Å². The lowest BCUT2D eigenvalue weighted by atomic mass is 10.2. The average Bonchev–Trinajstić information content (AvgIpc) is 2.13. The van der Waals surface area contributed by atoms with Crippen LogP contribution in [0.2, 0.25) is 0 Å². The third-order valence-corrected chi connectivity index (χ3v) is 2.57. The van der Waals surface area contributed by atoms with E-state index >= 15 is 0 Å². The minimum atomic E-state index is -3.35. The van der Waals surface area contributed by atoms with Gasteiger partial charge in [-0.2, -0.15) is 8.78 Å². The van der Waals surface area contributed by atoms with E-state index in [9.17, 15) is 18.4 Å². The molecular formula is C5H4F2INO2. The molecule has 0 aromatic heterocycles. The molecule has 0 aromatic rings. The Labute approximate surface area is 75.2 Å². The van der Waals surface area contributed by atoms with Crippen LogP contribution in [0.1, 0.15) is 6.42 Å². The average molecular weight is 275 g/mol. The number of hydrogen-bond donors (Lipinski definition) is 0. The summed E-state index contributed by atoms with van der Waals surface area (Å²) in [4.78, 5) is 20.7. The van der Waals surface area contributed by atoms with E-state index in [2.05, 4.69) is 0 Å². The van der Waals surface area contributed by atoms with Crippen LogP contribution in [0.5, 0.6) is 0 Å². The quantitative estimate of drug-likeness (QED) is 0.403. The van der Waals surface area contributed by atoms with E-state index in [1.165, 1.54) is 22.9 Å². The van der Waals surface area contributed by atoms with Gasteiger partial charge in [-0.1, -0.05) is 0 Å². The zero-order valence-electron chi connectivity index (χ0n) is 5.26. The highest BCUT2D eigenvalue weighted by molar-refractivity contribution is 14.1. The Kier molecular flexibility index (Phi) is 2.13. The van der Waals surface area contributed by atoms with Crippen molar-refractivity contribution in [3.63, 3.8) is 0 Å². The first-order chi connectivity index (χ1) is 4.99. The predicted octanol–water partition coefficient (Wildman–Crippen LogP) is 0.771. The summed E-state index contributed by atoms with van der Waals surface area (Å²) in [5, 5.41) is 0. The second kappa shape index (κ2) is 2.65. The normalized spacial score (nSPS) is 29.2. The molecule has 0 radical (unpaired) electrons. The first kappa shape index (κ1) is 8.82. The Morgan fingerprint density at radius 1 is 1.73 bits per heavy atom. The lowest BCUT2D eigenvalue weighted by molar-refractivity contribution is -0.143. The molecule has 1 saturated heterocycles. The highest BCUT2D eigenvalue weighted by Crippen LogP contribution is 2.34. The van der Waals surface area contributed by atoms with E-state index in [1.54, 1.807) is 0 Å². The summed E-state index contributed by atoms with van der Waals surface area (Å²) in [7, 11) is 0. The van der Waals surface area contributed by atoms with Crippen LogP contribution in [0, 0.1) is 0 Å². The topological polar surface area (TPSA) is 37.4 Å². The van der Waals surface area contributed by atoms with Crippen LogP contribution in [0.15, 0.2) is 0 Å². The summed E-state index contributed by atoms with van der Waals surface area (Å²) in [6.07, 6.45) is -0.344. The third-order valence-electron chi connectivity index (χ3n) is 1.42. The molecule has 62 valence electrons. The number of aldehydes is 1. The van der Waals surface area contributed by atoms with Crippen molar-refractivity contribution in [3.8, 4) is 0 Å². The molecule has 6 heteroatoms. The Hall–Kier alpha value is -0.270. The number of hydrogen-bond acceptors (Lipinski definition) is 2. The second-order valence-electron chi connectivity index (χ2n) is 2.23. The van der Waals surface area contributed by atoms with Gasteiger partial charge < -0.3 is 4.79 Å². The van der Waals surface area contributed by atoms with Crippen molar-refractivity contribution < 1.29 is 18.4 Å². The van der Waals surface area contributed by atoms with E-state index in [1.807, 2.05) is 0 Å². The van der Waals surface area contributed by atoms with Gasteiger partial charge >= 0.3 is 11.8 Å². The minimum Gasteiger partial charge on any atom is -0.301 e. The van der Waals surface area contributed by atoms with Crippen molar-refractivity contribution in [1.82, 2.24) is 3.11 Å². The highest BCUT2D eigenvalue weighted by Gasteiger charge is 2.52. The van der Waals surface area contributed by atoms with Crippen molar-refractivity contribution >= 4 is 35.1 Å². The van der Waals surface area contributed by atoms with Crippen LogP contribution < -0.4 is 0 Å². The van der Waals surface area contributed by atoms with Gasteiger partial charge in [0.2, 0.25) is 0 Å². The fourth-order valence-electron chi connectivity index (χ4n) is 0.839. The number of carbonyl (C=O) groups is 2. The molecule has 1 aliphatic rings. The fourth-order valence-corrected chi connectivity index (χ4v) is 1.52. The summed E-state index contributed by atoms with van der Waals surface area (Å²) in [5.74, 6) is -4.64. The summed E-state index contributed by atoms with van der Waals surface area (Å²) in [6, 6.07) is -0.974. The molecule has 1 aliphatic heterocycles. The molecule has 3 nitrogen and oxygen atoms in total. The monoisotopic (exact) mass is 275 g/mol. The summed E-state index contributed by atoms with van der Waals surface area (Å²) in [5.41, 5.74) is 0. The second-order valence-corrected chi connectivity index (χ2v) is 3.27. The molecular weight excluding hydrogens is 271 g/mol. The number of alkyl halides is 2. The molecule has 1 atom stereocenters. The maximum absolute atomic E-state index is 12.5. The summed E-state index contributed by atoms with van der Waals surface area (Å²) in [6.45, 7) is 0. The van der Waals surface area contributed by atoms with Crippen molar-refractivity contribution in [2.45, 2.75) is 18.4 Å². The molecule has 1 amide bonds. The minimum absolute atomic E-state index is 0.352. The Bertz CT molecular complexity index is 209. The molecule has 0 saturated carbocycles. The molecule has 1 rings (SSSR count). The molecule has 1 heterocycles. The van der Waals surface area contributed by atoms with Crippen LogP contribution >= 0.6 is 22.9 Å². The Morgan fingerprint density at radius 2 is 2.27 bits per heavy atom. The number of carbonyl (C=O) groups excluding carboxylic acids is 2. The van der Waals surface area contributed by atoms with Crippen LogP contribution in [-0.4, -0.2) is 27.3 Å². The summed E-state index contributed by atoms with van der Waals surface area (Å²) < 4.78 is 25.7. The molecule has 0 aromatic carbocycles. The van der Waals surface area contributed by atoms with Gasteiger partial charge in [0.25, 0.3) is 0 Å². The first-order valence-corrected chi connectivity index (χ1v) is 3.78. The van der Waals surface area contributed by atoms with Crippen LogP contribution in [0.25, 0.3) is 0 Å². The van der Waals surface area contributed by atoms with Gasteiger partial charge in [-0.25, -0.2) is 0 Å². The molecule has 0 unspecified atom stereocenters. The number of nitrogens with zero attached hydrogens (tertiary/aromatic N) is 1. The van der Waals surface area contributed by atoms with Crippen molar-refractivity contribution in [3.05, 3.63) is 0 Å². The molecule has 0 N–H and O–H groups in total. The van der Waals surface area contributed by atoms with E-state index in [4.69, 9.17) is 0 Å². The Morgan fingerprint density at radius 3 is 2.45 bits per heavy atom. The van der Waals surface area contributed by atoms with Crippen LogP contribution in [-0.2, 0) is 9.59 Å². The van der Waals surface area contributed by atoms with Gasteiger partial charge in [0.15, 0.2) is 0 Å². The van der Waals surface area contributed by atoms with Gasteiger partial charge in [0, 0.05) is 6.42 Å². The highest BCUT2D eigenvalue weighted by atomic mass is 127. The van der Waals surface area contributed by atoms with Gasteiger partial charge in [-0.15, -0.1) is 0 Å². The molecule has 11 heavy (non-hydrogen) atoms. The maximum Gasteiger partial charge on any atom is 0.327 e. The van der Waals surface area contributed by atoms with E-state index < -0.39 is 24.3 Å². The van der Waals surface area contributed by atoms with Crippen molar-refractivity contribution in [1.29, 1.82) is 0 Å².